The second-order valence-corrected chi connectivity index (χ2v) is 7.55. The molecule has 1 atom stereocenters. The number of pyridine rings is 1. The van der Waals surface area contributed by atoms with Gasteiger partial charge in [0.1, 0.15) is 6.61 Å². The third-order valence-corrected chi connectivity index (χ3v) is 5.63. The smallest absolute Gasteiger partial charge is 0.171 e. The van der Waals surface area contributed by atoms with Crippen LogP contribution in [0.15, 0.2) is 12.3 Å². The van der Waals surface area contributed by atoms with Crippen molar-refractivity contribution < 1.29 is 4.74 Å². The van der Waals surface area contributed by atoms with Crippen LogP contribution in [-0.4, -0.2) is 86.3 Å². The van der Waals surface area contributed by atoms with Crippen molar-refractivity contribution in [3.05, 3.63) is 12.3 Å². The van der Waals surface area contributed by atoms with Crippen molar-refractivity contribution in [2.24, 2.45) is 0 Å². The predicted octanol–water partition coefficient (Wildman–Crippen LogP) is 1.12. The van der Waals surface area contributed by atoms with Gasteiger partial charge >= 0.3 is 0 Å². The number of ether oxygens (including phenoxy) is 1. The van der Waals surface area contributed by atoms with Crippen LogP contribution in [0.25, 0.3) is 0 Å². The van der Waals surface area contributed by atoms with Gasteiger partial charge in [0, 0.05) is 57.9 Å². The van der Waals surface area contributed by atoms with Crippen LogP contribution in [0.5, 0.6) is 5.75 Å². The molecule has 0 aliphatic carbocycles. The number of nitrogens with zero attached hydrogens (tertiary/aromatic N) is 5. The van der Waals surface area contributed by atoms with Crippen molar-refractivity contribution in [3.63, 3.8) is 0 Å². The lowest BCUT2D eigenvalue weighted by atomic mass is 10.1. The molecule has 3 aliphatic heterocycles. The molecule has 0 spiro atoms. The molecule has 0 saturated carbocycles. The monoisotopic (exact) mass is 331 g/mol. The summed E-state index contributed by atoms with van der Waals surface area (Å²) in [7, 11) is 2.18. The van der Waals surface area contributed by atoms with Crippen LogP contribution >= 0.6 is 0 Å². The van der Waals surface area contributed by atoms with Crippen LogP contribution in [0.4, 0.5) is 11.5 Å². The Morgan fingerprint density at radius 3 is 2.67 bits per heavy atom. The Kier molecular flexibility index (Phi) is 4.26. The van der Waals surface area contributed by atoms with Crippen molar-refractivity contribution >= 4 is 11.5 Å². The SMILES string of the molecule is CC(C)N1CCN2c3ncc(N4CCN(C)CC4)cc3OC[C@@H]2C1. The van der Waals surface area contributed by atoms with Crippen LogP contribution in [0.3, 0.4) is 0 Å². The average Bonchev–Trinajstić information content (AvgIpc) is 2.61. The van der Waals surface area contributed by atoms with Gasteiger partial charge in [0.25, 0.3) is 0 Å². The molecule has 0 amide bonds. The van der Waals surface area contributed by atoms with Gasteiger partial charge in [-0.05, 0) is 20.9 Å². The molecule has 0 N–H and O–H groups in total. The van der Waals surface area contributed by atoms with E-state index in [1.54, 1.807) is 0 Å². The minimum absolute atomic E-state index is 0.427. The largest absolute Gasteiger partial charge is 0.487 e. The summed E-state index contributed by atoms with van der Waals surface area (Å²) in [4.78, 5) is 14.6. The van der Waals surface area contributed by atoms with Crippen molar-refractivity contribution in [2.75, 3.05) is 69.3 Å². The van der Waals surface area contributed by atoms with Crippen molar-refractivity contribution in [1.29, 1.82) is 0 Å². The van der Waals surface area contributed by atoms with E-state index in [0.29, 0.717) is 12.1 Å². The third kappa shape index (κ3) is 2.93. The Balaban J connectivity index is 1.51. The molecule has 4 rings (SSSR count). The van der Waals surface area contributed by atoms with Gasteiger partial charge in [-0.25, -0.2) is 4.98 Å². The first kappa shape index (κ1) is 16.0. The van der Waals surface area contributed by atoms with Crippen molar-refractivity contribution in [3.8, 4) is 5.75 Å². The molecule has 4 heterocycles. The van der Waals surface area contributed by atoms with Crippen LogP contribution in [-0.2, 0) is 0 Å². The first-order valence-electron chi connectivity index (χ1n) is 9.19. The number of hydrogen-bond donors (Lipinski definition) is 0. The molecule has 1 aromatic rings. The quantitative estimate of drug-likeness (QED) is 0.808. The summed E-state index contributed by atoms with van der Waals surface area (Å²) >= 11 is 0. The van der Waals surface area contributed by atoms with Gasteiger partial charge < -0.3 is 19.4 Å². The molecule has 0 aromatic carbocycles. The van der Waals surface area contributed by atoms with E-state index in [1.807, 2.05) is 6.20 Å². The Labute approximate surface area is 145 Å². The highest BCUT2D eigenvalue weighted by Gasteiger charge is 2.34. The Bertz CT molecular complexity index is 585. The van der Waals surface area contributed by atoms with E-state index in [-0.39, 0.29) is 0 Å². The molecule has 2 saturated heterocycles. The molecule has 24 heavy (non-hydrogen) atoms. The molecular weight excluding hydrogens is 302 g/mol. The highest BCUT2D eigenvalue weighted by Crippen LogP contribution is 2.36. The number of piperazine rings is 2. The zero-order chi connectivity index (χ0) is 16.7. The summed E-state index contributed by atoms with van der Waals surface area (Å²) in [5, 5.41) is 0. The molecule has 132 valence electrons. The maximum Gasteiger partial charge on any atom is 0.171 e. The molecule has 6 nitrogen and oxygen atoms in total. The van der Waals surface area contributed by atoms with Gasteiger partial charge in [0.05, 0.1) is 17.9 Å². The van der Waals surface area contributed by atoms with Crippen molar-refractivity contribution in [1.82, 2.24) is 14.8 Å². The molecule has 3 aliphatic rings. The predicted molar refractivity (Wildman–Crippen MR) is 97.3 cm³/mol. The number of aromatic nitrogens is 1. The fourth-order valence-corrected chi connectivity index (χ4v) is 3.94. The molecule has 0 unspecified atom stereocenters. The lowest BCUT2D eigenvalue weighted by Crippen LogP contribution is -2.58. The summed E-state index contributed by atoms with van der Waals surface area (Å²) in [6.45, 7) is 12.9. The van der Waals surface area contributed by atoms with Crippen molar-refractivity contribution in [2.45, 2.75) is 25.9 Å². The highest BCUT2D eigenvalue weighted by molar-refractivity contribution is 5.62. The molecule has 0 radical (unpaired) electrons. The summed E-state index contributed by atoms with van der Waals surface area (Å²) < 4.78 is 6.11. The van der Waals surface area contributed by atoms with E-state index in [4.69, 9.17) is 9.72 Å². The Morgan fingerprint density at radius 2 is 1.92 bits per heavy atom. The summed E-state index contributed by atoms with van der Waals surface area (Å²) in [6.07, 6.45) is 2.03. The molecule has 0 bridgehead atoms. The maximum absolute atomic E-state index is 6.11. The average molecular weight is 331 g/mol. The van der Waals surface area contributed by atoms with Crippen LogP contribution < -0.4 is 14.5 Å². The zero-order valence-corrected chi connectivity index (χ0v) is 15.1. The number of hydrogen-bond acceptors (Lipinski definition) is 6. The normalized spacial score (nSPS) is 25.4. The van der Waals surface area contributed by atoms with Gasteiger partial charge in [-0.1, -0.05) is 0 Å². The zero-order valence-electron chi connectivity index (χ0n) is 15.1. The third-order valence-electron chi connectivity index (χ3n) is 5.63. The number of anilines is 2. The molecule has 6 heteroatoms. The van der Waals surface area contributed by atoms with E-state index >= 15 is 0 Å². The molecule has 2 fully saturated rings. The second-order valence-electron chi connectivity index (χ2n) is 7.55. The fraction of sp³-hybridized carbons (Fsp3) is 0.722. The summed E-state index contributed by atoms with van der Waals surface area (Å²) in [6, 6.07) is 3.22. The summed E-state index contributed by atoms with van der Waals surface area (Å²) in [5.41, 5.74) is 1.20. The van der Waals surface area contributed by atoms with E-state index in [2.05, 4.69) is 46.6 Å². The standard InChI is InChI=1S/C18H29N5O/c1-14(2)22-8-9-23-16(12-22)13-24-17-10-15(11-19-18(17)23)21-6-4-20(3)5-7-21/h10-11,14,16H,4-9,12-13H2,1-3H3/t16-/m0/s1. The minimum atomic E-state index is 0.427. The topological polar surface area (TPSA) is 35.1 Å². The molecular formula is C18H29N5O. The maximum atomic E-state index is 6.11. The van der Waals surface area contributed by atoms with E-state index in [1.165, 1.54) is 5.69 Å². The first-order valence-corrected chi connectivity index (χ1v) is 9.19. The number of likely N-dealkylation sites (N-methyl/N-ethyl adjacent to an activating group) is 1. The van der Waals surface area contributed by atoms with Crippen LogP contribution in [0.2, 0.25) is 0 Å². The van der Waals surface area contributed by atoms with Crippen LogP contribution in [0.1, 0.15) is 13.8 Å². The van der Waals surface area contributed by atoms with E-state index < -0.39 is 0 Å². The van der Waals surface area contributed by atoms with Gasteiger partial charge in [-0.3, -0.25) is 4.90 Å². The van der Waals surface area contributed by atoms with Gasteiger partial charge in [0.2, 0.25) is 0 Å². The minimum Gasteiger partial charge on any atom is -0.487 e. The lowest BCUT2D eigenvalue weighted by molar-refractivity contribution is 0.140. The first-order chi connectivity index (χ1) is 11.6. The van der Waals surface area contributed by atoms with Gasteiger partial charge in [0.15, 0.2) is 11.6 Å². The van der Waals surface area contributed by atoms with Crippen LogP contribution in [0, 0.1) is 0 Å². The summed E-state index contributed by atoms with van der Waals surface area (Å²) in [5.74, 6) is 1.99. The van der Waals surface area contributed by atoms with Gasteiger partial charge in [-0.2, -0.15) is 0 Å². The Hall–Kier alpha value is -1.53. The van der Waals surface area contributed by atoms with E-state index in [0.717, 1.165) is 64.0 Å². The fourth-order valence-electron chi connectivity index (χ4n) is 3.94. The Morgan fingerprint density at radius 1 is 1.12 bits per heavy atom. The lowest BCUT2D eigenvalue weighted by Gasteiger charge is -2.46. The highest BCUT2D eigenvalue weighted by atomic mass is 16.5. The number of fused-ring (bicyclic) bond motifs is 3. The van der Waals surface area contributed by atoms with Gasteiger partial charge in [-0.15, -0.1) is 0 Å². The van der Waals surface area contributed by atoms with E-state index in [9.17, 15) is 0 Å². The second kappa shape index (κ2) is 6.41. The molecule has 1 aromatic heterocycles. The number of rotatable bonds is 2.